The van der Waals surface area contributed by atoms with E-state index in [0.717, 1.165) is 43.2 Å². The fraction of sp³-hybridized carbons (Fsp3) is 0.464. The molecule has 2 saturated carbocycles. The average molecular weight is 495 g/mol. The number of amides is 2. The molecule has 2 amide bonds. The number of carboxylic acids is 1. The second-order valence-corrected chi connectivity index (χ2v) is 10.0. The summed E-state index contributed by atoms with van der Waals surface area (Å²) < 4.78 is 20.4. The molecule has 0 aromatic heterocycles. The molecule has 5 rings (SSSR count). The number of hydrogen-bond acceptors (Lipinski definition) is 4. The van der Waals surface area contributed by atoms with E-state index in [1.165, 1.54) is 12.1 Å². The van der Waals surface area contributed by atoms with Gasteiger partial charge in [-0.05, 0) is 55.9 Å². The van der Waals surface area contributed by atoms with E-state index in [1.807, 2.05) is 42.2 Å². The fourth-order valence-electron chi connectivity index (χ4n) is 5.91. The van der Waals surface area contributed by atoms with E-state index in [-0.39, 0.29) is 42.8 Å². The van der Waals surface area contributed by atoms with Gasteiger partial charge < -0.3 is 14.7 Å². The van der Waals surface area contributed by atoms with E-state index in [2.05, 4.69) is 0 Å². The van der Waals surface area contributed by atoms with Crippen molar-refractivity contribution in [3.05, 3.63) is 65.5 Å². The number of aliphatic carboxylic acids is 1. The van der Waals surface area contributed by atoms with Gasteiger partial charge in [-0.3, -0.25) is 14.5 Å². The number of benzene rings is 2. The number of rotatable bonds is 7. The van der Waals surface area contributed by atoms with Crippen molar-refractivity contribution >= 4 is 23.7 Å². The lowest BCUT2D eigenvalue weighted by molar-refractivity contribution is -0.142. The van der Waals surface area contributed by atoms with Crippen molar-refractivity contribution in [2.75, 3.05) is 4.90 Å². The van der Waals surface area contributed by atoms with Crippen LogP contribution < -0.4 is 4.90 Å². The number of nitrogens with zero attached hydrogens (tertiary/aromatic N) is 2. The Hall–Kier alpha value is -3.42. The molecule has 0 spiro atoms. The van der Waals surface area contributed by atoms with Crippen LogP contribution >= 0.6 is 0 Å². The minimum Gasteiger partial charge on any atom is -0.481 e. The standard InChI is InChI=1S/C28H31FN2O5/c1-17(18-6-3-2-4-7-18)36-28(35)31-23-9-5-8-21(23)27(22-13-10-19(29)16-24(22)31)30(20-11-12-20)25(32)14-15-26(33)34/h2-4,6-7,10,13,16-17,20-21,23,27H,5,8-9,11-12,14-15H2,1H3,(H,33,34)/t17-,21?,23?,27?/m1/s1. The first-order chi connectivity index (χ1) is 17.3. The molecule has 0 saturated heterocycles. The van der Waals surface area contributed by atoms with Gasteiger partial charge in [-0.25, -0.2) is 9.18 Å². The maximum absolute atomic E-state index is 14.5. The second kappa shape index (κ2) is 9.91. The van der Waals surface area contributed by atoms with Crippen LogP contribution in [0, 0.1) is 11.7 Å². The fourth-order valence-corrected chi connectivity index (χ4v) is 5.91. The number of hydrogen-bond donors (Lipinski definition) is 1. The molecule has 7 nitrogen and oxygen atoms in total. The number of ether oxygens (including phenoxy) is 1. The van der Waals surface area contributed by atoms with Crippen LogP contribution in [0.5, 0.6) is 0 Å². The van der Waals surface area contributed by atoms with Gasteiger partial charge in [0.05, 0.1) is 18.2 Å². The summed E-state index contributed by atoms with van der Waals surface area (Å²) in [7, 11) is 0. The van der Waals surface area contributed by atoms with E-state index in [0.29, 0.717) is 5.69 Å². The molecule has 3 unspecified atom stereocenters. The van der Waals surface area contributed by atoms with Crippen molar-refractivity contribution < 1.29 is 28.6 Å². The molecule has 4 atom stereocenters. The first kappa shape index (κ1) is 24.3. The summed E-state index contributed by atoms with van der Waals surface area (Å²) in [6, 6.07) is 13.4. The highest BCUT2D eigenvalue weighted by molar-refractivity contribution is 5.91. The zero-order valence-corrected chi connectivity index (χ0v) is 20.3. The zero-order valence-electron chi connectivity index (χ0n) is 20.3. The molecule has 36 heavy (non-hydrogen) atoms. The summed E-state index contributed by atoms with van der Waals surface area (Å²) in [5.41, 5.74) is 2.02. The van der Waals surface area contributed by atoms with Crippen LogP contribution in [0.1, 0.15) is 75.1 Å². The third-order valence-corrected chi connectivity index (χ3v) is 7.66. The molecule has 2 aromatic carbocycles. The van der Waals surface area contributed by atoms with Crippen LogP contribution in [0.2, 0.25) is 0 Å². The summed E-state index contributed by atoms with van der Waals surface area (Å²) >= 11 is 0. The summed E-state index contributed by atoms with van der Waals surface area (Å²) in [6.45, 7) is 1.81. The maximum atomic E-state index is 14.5. The van der Waals surface area contributed by atoms with E-state index in [4.69, 9.17) is 9.84 Å². The second-order valence-electron chi connectivity index (χ2n) is 10.0. The molecule has 2 aliphatic carbocycles. The Morgan fingerprint density at radius 2 is 1.83 bits per heavy atom. The van der Waals surface area contributed by atoms with Crippen LogP contribution in [0.3, 0.4) is 0 Å². The number of carbonyl (C=O) groups is 3. The average Bonchev–Trinajstić information content (AvgIpc) is 3.58. The van der Waals surface area contributed by atoms with E-state index < -0.39 is 24.0 Å². The normalized spacial score (nSPS) is 23.4. The summed E-state index contributed by atoms with van der Waals surface area (Å²) in [6.07, 6.45) is 2.85. The van der Waals surface area contributed by atoms with Crippen LogP contribution in [0.15, 0.2) is 48.5 Å². The SMILES string of the molecule is C[C@@H](OC(=O)N1c2cc(F)ccc2C(N(C(=O)CCC(=O)O)C2CC2)C2CCCC21)c1ccccc1. The zero-order chi connectivity index (χ0) is 25.4. The monoisotopic (exact) mass is 494 g/mol. The number of fused-ring (bicyclic) bond motifs is 2. The summed E-state index contributed by atoms with van der Waals surface area (Å²) in [4.78, 5) is 41.4. The highest BCUT2D eigenvalue weighted by atomic mass is 19.1. The quantitative estimate of drug-likeness (QED) is 0.541. The predicted octanol–water partition coefficient (Wildman–Crippen LogP) is 5.61. The van der Waals surface area contributed by atoms with Crippen LogP contribution in [0.25, 0.3) is 0 Å². The molecule has 0 bridgehead atoms. The Labute approximate surface area is 209 Å². The van der Waals surface area contributed by atoms with Gasteiger partial charge in [0.2, 0.25) is 5.91 Å². The molecular weight excluding hydrogens is 463 g/mol. The number of halogens is 1. The van der Waals surface area contributed by atoms with Gasteiger partial charge in [-0.2, -0.15) is 0 Å². The van der Waals surface area contributed by atoms with Crippen molar-refractivity contribution in [2.24, 2.45) is 5.92 Å². The van der Waals surface area contributed by atoms with Gasteiger partial charge in [-0.1, -0.05) is 42.8 Å². The highest BCUT2D eigenvalue weighted by Crippen LogP contribution is 2.53. The lowest BCUT2D eigenvalue weighted by atomic mass is 9.81. The van der Waals surface area contributed by atoms with E-state index in [9.17, 15) is 18.8 Å². The maximum Gasteiger partial charge on any atom is 0.415 e. The van der Waals surface area contributed by atoms with Gasteiger partial charge in [0.15, 0.2) is 0 Å². The van der Waals surface area contributed by atoms with Gasteiger partial charge in [0.25, 0.3) is 0 Å². The molecule has 8 heteroatoms. The van der Waals surface area contributed by atoms with Crippen molar-refractivity contribution in [3.8, 4) is 0 Å². The van der Waals surface area contributed by atoms with Crippen LogP contribution in [-0.2, 0) is 14.3 Å². The summed E-state index contributed by atoms with van der Waals surface area (Å²) in [5, 5.41) is 9.13. The van der Waals surface area contributed by atoms with Crippen molar-refractivity contribution in [3.63, 3.8) is 0 Å². The Morgan fingerprint density at radius 1 is 1.08 bits per heavy atom. The molecule has 190 valence electrons. The Morgan fingerprint density at radius 3 is 2.53 bits per heavy atom. The van der Waals surface area contributed by atoms with Crippen LogP contribution in [0.4, 0.5) is 14.9 Å². The van der Waals surface area contributed by atoms with Crippen molar-refractivity contribution in [1.82, 2.24) is 4.90 Å². The Bertz CT molecular complexity index is 1150. The lowest BCUT2D eigenvalue weighted by Gasteiger charge is -2.47. The molecule has 1 heterocycles. The molecule has 3 aliphatic rings. The number of anilines is 1. The third kappa shape index (κ3) is 4.68. The molecular formula is C28H31FN2O5. The lowest BCUT2D eigenvalue weighted by Crippen LogP contribution is -2.53. The van der Waals surface area contributed by atoms with Gasteiger partial charge >= 0.3 is 12.1 Å². The number of carboxylic acid groups (broad SMARTS) is 1. The minimum atomic E-state index is -1.01. The van der Waals surface area contributed by atoms with Gasteiger partial charge in [0.1, 0.15) is 11.9 Å². The van der Waals surface area contributed by atoms with Crippen LogP contribution in [-0.4, -0.2) is 40.1 Å². The Kier molecular flexibility index (Phi) is 6.69. The summed E-state index contributed by atoms with van der Waals surface area (Å²) in [5.74, 6) is -1.70. The highest BCUT2D eigenvalue weighted by Gasteiger charge is 2.52. The van der Waals surface area contributed by atoms with Gasteiger partial charge in [-0.15, -0.1) is 0 Å². The topological polar surface area (TPSA) is 87.2 Å². The first-order valence-corrected chi connectivity index (χ1v) is 12.7. The smallest absolute Gasteiger partial charge is 0.415 e. The first-order valence-electron chi connectivity index (χ1n) is 12.7. The molecule has 1 aliphatic heterocycles. The number of carbonyl (C=O) groups excluding carboxylic acids is 2. The molecule has 0 radical (unpaired) electrons. The third-order valence-electron chi connectivity index (χ3n) is 7.66. The van der Waals surface area contributed by atoms with Crippen molar-refractivity contribution in [1.29, 1.82) is 0 Å². The van der Waals surface area contributed by atoms with Gasteiger partial charge in [0, 0.05) is 24.4 Å². The molecule has 2 fully saturated rings. The Balaban J connectivity index is 1.50. The molecule has 2 aromatic rings. The van der Waals surface area contributed by atoms with E-state index >= 15 is 0 Å². The molecule has 1 N–H and O–H groups in total. The predicted molar refractivity (Wildman–Crippen MR) is 131 cm³/mol. The van der Waals surface area contributed by atoms with E-state index in [1.54, 1.807) is 11.0 Å². The minimum absolute atomic E-state index is 0.0306. The largest absolute Gasteiger partial charge is 0.481 e. The van der Waals surface area contributed by atoms with Crippen molar-refractivity contribution in [2.45, 2.75) is 76.1 Å².